The van der Waals surface area contributed by atoms with Gasteiger partial charge in [-0.25, -0.2) is 0 Å². The first-order chi connectivity index (χ1) is 13.8. The monoisotopic (exact) mass is 389 g/mol. The van der Waals surface area contributed by atoms with Crippen molar-refractivity contribution in [2.75, 3.05) is 6.16 Å². The number of hydrogen-bond acceptors (Lipinski definition) is 0. The van der Waals surface area contributed by atoms with Crippen LogP contribution in [0.5, 0.6) is 0 Å². The van der Waals surface area contributed by atoms with Gasteiger partial charge < -0.3 is 0 Å². The van der Waals surface area contributed by atoms with Crippen LogP contribution in [0.2, 0.25) is 0 Å². The summed E-state index contributed by atoms with van der Waals surface area (Å²) in [4.78, 5) is 0. The Morgan fingerprint density at radius 2 is 1.04 bits per heavy atom. The highest BCUT2D eigenvalue weighted by atomic mass is 31.2. The number of hydrogen-bond donors (Lipinski definition) is 0. The minimum absolute atomic E-state index is 0.858. The molecule has 0 heterocycles. The van der Waals surface area contributed by atoms with Gasteiger partial charge in [0.25, 0.3) is 0 Å². The molecule has 0 amide bonds. The summed E-state index contributed by atoms with van der Waals surface area (Å²) in [5.74, 6) is 0.858. The zero-order valence-electron chi connectivity index (χ0n) is 17.4. The Labute approximate surface area is 172 Å². The van der Waals surface area contributed by atoms with E-state index in [1.807, 2.05) is 0 Å². The molecule has 0 bridgehead atoms. The zero-order chi connectivity index (χ0) is 19.7. The number of benzene rings is 3. The van der Waals surface area contributed by atoms with Crippen LogP contribution in [0, 0.1) is 5.92 Å². The second-order valence-electron chi connectivity index (χ2n) is 7.90. The first-order valence-electron chi connectivity index (χ1n) is 10.8. The van der Waals surface area contributed by atoms with Crippen LogP contribution in [0.1, 0.15) is 46.0 Å². The average molecular weight is 390 g/mol. The van der Waals surface area contributed by atoms with Crippen LogP contribution < -0.4 is 15.9 Å². The van der Waals surface area contributed by atoms with Gasteiger partial charge in [-0.3, -0.25) is 0 Å². The maximum Gasteiger partial charge on any atom is 0.112 e. The molecule has 0 aromatic heterocycles. The largest absolute Gasteiger partial charge is 0.112 e. The summed E-state index contributed by atoms with van der Waals surface area (Å²) < 4.78 is 0. The van der Waals surface area contributed by atoms with Crippen molar-refractivity contribution in [3.8, 4) is 0 Å². The Balaban J connectivity index is 1.95. The van der Waals surface area contributed by atoms with E-state index in [-0.39, 0.29) is 0 Å². The Morgan fingerprint density at radius 3 is 1.43 bits per heavy atom. The van der Waals surface area contributed by atoms with Crippen LogP contribution >= 0.6 is 7.26 Å². The molecule has 1 atom stereocenters. The highest BCUT2D eigenvalue weighted by molar-refractivity contribution is 7.95. The lowest BCUT2D eigenvalue weighted by atomic mass is 10.0. The van der Waals surface area contributed by atoms with E-state index in [4.69, 9.17) is 0 Å². The van der Waals surface area contributed by atoms with E-state index in [0.29, 0.717) is 0 Å². The van der Waals surface area contributed by atoms with E-state index < -0.39 is 7.26 Å². The lowest BCUT2D eigenvalue weighted by Crippen LogP contribution is -2.33. The summed E-state index contributed by atoms with van der Waals surface area (Å²) in [5, 5.41) is 4.53. The maximum atomic E-state index is 2.38. The molecule has 0 fully saturated rings. The van der Waals surface area contributed by atoms with Gasteiger partial charge in [-0.1, -0.05) is 87.7 Å². The molecule has 0 aliphatic carbocycles. The van der Waals surface area contributed by atoms with Gasteiger partial charge in [0.2, 0.25) is 0 Å². The third kappa shape index (κ3) is 4.92. The van der Waals surface area contributed by atoms with Gasteiger partial charge in [0, 0.05) is 0 Å². The second-order valence-corrected chi connectivity index (χ2v) is 11.5. The van der Waals surface area contributed by atoms with Gasteiger partial charge in [0.1, 0.15) is 23.2 Å². The van der Waals surface area contributed by atoms with Crippen LogP contribution in [-0.2, 0) is 0 Å². The van der Waals surface area contributed by atoms with E-state index >= 15 is 0 Å². The molecular formula is C27H34P+. The standard InChI is InChI=1S/C27H34P/c1-3-24(2)16-8-7-15-23-28(25-17-9-4-10-18-25,26-19-11-5-12-20-26)27-21-13-6-14-22-27/h4-6,9-14,17-22,24H,3,7-8,15-16,23H2,1-2H3/q+1/t24-/m0/s1. The van der Waals surface area contributed by atoms with Crippen molar-refractivity contribution in [1.29, 1.82) is 0 Å². The van der Waals surface area contributed by atoms with Crippen LogP contribution in [0.3, 0.4) is 0 Å². The van der Waals surface area contributed by atoms with Crippen molar-refractivity contribution in [2.45, 2.75) is 46.0 Å². The Kier molecular flexibility index (Phi) is 7.87. The molecule has 0 N–H and O–H groups in total. The molecule has 3 aromatic carbocycles. The van der Waals surface area contributed by atoms with Gasteiger partial charge in [-0.2, -0.15) is 0 Å². The summed E-state index contributed by atoms with van der Waals surface area (Å²) >= 11 is 0. The third-order valence-electron chi connectivity index (χ3n) is 5.98. The van der Waals surface area contributed by atoms with Crippen LogP contribution in [0.4, 0.5) is 0 Å². The minimum Gasteiger partial charge on any atom is -0.0651 e. The van der Waals surface area contributed by atoms with Crippen LogP contribution in [-0.4, -0.2) is 6.16 Å². The molecule has 146 valence electrons. The van der Waals surface area contributed by atoms with Crippen molar-refractivity contribution < 1.29 is 0 Å². The minimum atomic E-state index is -1.62. The molecule has 0 saturated heterocycles. The molecule has 3 aromatic rings. The molecule has 1 heteroatoms. The van der Waals surface area contributed by atoms with Crippen molar-refractivity contribution in [3.63, 3.8) is 0 Å². The van der Waals surface area contributed by atoms with Crippen molar-refractivity contribution in [1.82, 2.24) is 0 Å². The molecule has 3 rings (SSSR count). The fourth-order valence-corrected chi connectivity index (χ4v) is 8.51. The lowest BCUT2D eigenvalue weighted by molar-refractivity contribution is 0.483. The van der Waals surface area contributed by atoms with Crippen molar-refractivity contribution >= 4 is 23.2 Å². The van der Waals surface area contributed by atoms with E-state index in [1.165, 1.54) is 54.2 Å². The van der Waals surface area contributed by atoms with Gasteiger partial charge in [0.15, 0.2) is 0 Å². The zero-order valence-corrected chi connectivity index (χ0v) is 18.3. The normalized spacial score (nSPS) is 12.6. The molecule has 0 nitrogen and oxygen atoms in total. The Morgan fingerprint density at radius 1 is 0.607 bits per heavy atom. The predicted molar refractivity (Wildman–Crippen MR) is 128 cm³/mol. The van der Waals surface area contributed by atoms with Crippen molar-refractivity contribution in [3.05, 3.63) is 91.0 Å². The summed E-state index contributed by atoms with van der Waals surface area (Å²) in [6.07, 6.45) is 7.90. The summed E-state index contributed by atoms with van der Waals surface area (Å²) in [6, 6.07) is 33.8. The van der Waals surface area contributed by atoms with Gasteiger partial charge >= 0.3 is 0 Å². The summed E-state index contributed by atoms with van der Waals surface area (Å²) in [7, 11) is -1.62. The third-order valence-corrected chi connectivity index (χ3v) is 10.5. The van der Waals surface area contributed by atoms with E-state index in [0.717, 1.165) is 5.92 Å². The number of rotatable bonds is 10. The fourth-order valence-electron chi connectivity index (χ4n) is 4.10. The molecule has 0 radical (unpaired) electrons. The molecule has 28 heavy (non-hydrogen) atoms. The molecule has 0 unspecified atom stereocenters. The predicted octanol–water partition coefficient (Wildman–Crippen LogP) is 6.59. The number of unbranched alkanes of at least 4 members (excludes halogenated alkanes) is 2. The smallest absolute Gasteiger partial charge is 0.0651 e. The molecular weight excluding hydrogens is 355 g/mol. The first kappa shape index (κ1) is 20.8. The van der Waals surface area contributed by atoms with Gasteiger partial charge in [-0.05, 0) is 55.2 Å². The first-order valence-corrected chi connectivity index (χ1v) is 12.8. The average Bonchev–Trinajstić information content (AvgIpc) is 2.78. The molecule has 0 aliphatic heterocycles. The maximum absolute atomic E-state index is 2.38. The van der Waals surface area contributed by atoms with Crippen molar-refractivity contribution in [2.24, 2.45) is 5.92 Å². The highest BCUT2D eigenvalue weighted by Gasteiger charge is 2.44. The fraction of sp³-hybridized carbons (Fsp3) is 0.333. The van der Waals surface area contributed by atoms with Gasteiger partial charge in [-0.15, -0.1) is 0 Å². The Hall–Kier alpha value is -1.91. The lowest BCUT2D eigenvalue weighted by Gasteiger charge is -2.27. The summed E-state index contributed by atoms with van der Waals surface area (Å²) in [6.45, 7) is 4.69. The topological polar surface area (TPSA) is 0 Å². The quantitative estimate of drug-likeness (QED) is 0.271. The highest BCUT2D eigenvalue weighted by Crippen LogP contribution is 2.55. The Bertz CT molecular complexity index is 699. The van der Waals surface area contributed by atoms with E-state index in [2.05, 4.69) is 105 Å². The van der Waals surface area contributed by atoms with E-state index in [1.54, 1.807) is 0 Å². The van der Waals surface area contributed by atoms with Gasteiger partial charge in [0.05, 0.1) is 6.16 Å². The molecule has 0 aliphatic rings. The molecule has 0 saturated carbocycles. The second kappa shape index (κ2) is 10.6. The summed E-state index contributed by atoms with van der Waals surface area (Å²) in [5.41, 5.74) is 0. The van der Waals surface area contributed by atoms with Crippen LogP contribution in [0.15, 0.2) is 91.0 Å². The SMILES string of the molecule is CC[C@H](C)CCCCC[P+](c1ccccc1)(c1ccccc1)c1ccccc1. The van der Waals surface area contributed by atoms with E-state index in [9.17, 15) is 0 Å². The van der Waals surface area contributed by atoms with Crippen LogP contribution in [0.25, 0.3) is 0 Å². The molecule has 0 spiro atoms.